The van der Waals surface area contributed by atoms with Crippen molar-refractivity contribution in [3.8, 4) is 11.3 Å². The third kappa shape index (κ3) is 3.96. The molecule has 3 rings (SSSR count). The highest BCUT2D eigenvalue weighted by atomic mass is 32.2. The lowest BCUT2D eigenvalue weighted by Crippen LogP contribution is -2.43. The van der Waals surface area contributed by atoms with Crippen molar-refractivity contribution >= 4 is 23.5 Å². The van der Waals surface area contributed by atoms with E-state index < -0.39 is 0 Å². The number of hydrogen-bond acceptors (Lipinski definition) is 3. The molecule has 2 aromatic rings. The van der Waals surface area contributed by atoms with Crippen LogP contribution in [-0.4, -0.2) is 36.0 Å². The molecule has 1 aromatic heterocycles. The molecule has 1 aliphatic rings. The number of carbonyl (C=O) groups excluding carboxylic acids is 1. The summed E-state index contributed by atoms with van der Waals surface area (Å²) in [6.07, 6.45) is 4.42. The number of urea groups is 1. The third-order valence-electron chi connectivity index (χ3n) is 4.38. The normalized spacial score (nSPS) is 17.8. The van der Waals surface area contributed by atoms with Gasteiger partial charge in [-0.3, -0.25) is 0 Å². The van der Waals surface area contributed by atoms with Gasteiger partial charge in [-0.15, -0.1) is 0 Å². The van der Waals surface area contributed by atoms with Gasteiger partial charge in [0.05, 0.1) is 5.69 Å². The maximum absolute atomic E-state index is 12.7. The van der Waals surface area contributed by atoms with Crippen LogP contribution in [0.1, 0.15) is 18.6 Å². The van der Waals surface area contributed by atoms with Gasteiger partial charge in [0.2, 0.25) is 0 Å². The molecule has 0 saturated carbocycles. The van der Waals surface area contributed by atoms with Crippen molar-refractivity contribution in [2.45, 2.75) is 19.8 Å². The van der Waals surface area contributed by atoms with Crippen molar-refractivity contribution in [3.63, 3.8) is 0 Å². The van der Waals surface area contributed by atoms with Gasteiger partial charge in [-0.2, -0.15) is 11.8 Å². The highest BCUT2D eigenvalue weighted by Crippen LogP contribution is 2.30. The Hall–Kier alpha value is -1.88. The predicted octanol–water partition coefficient (Wildman–Crippen LogP) is 4.86. The molecule has 0 radical (unpaired) electrons. The van der Waals surface area contributed by atoms with Crippen LogP contribution in [-0.2, 0) is 0 Å². The molecule has 1 aromatic carbocycles. The average molecular weight is 344 g/mol. The number of amides is 2. The van der Waals surface area contributed by atoms with Crippen LogP contribution in [0.4, 0.5) is 10.5 Å². The summed E-state index contributed by atoms with van der Waals surface area (Å²) in [6, 6.07) is 11.6. The molecular formula is C19H24N2O2S. The molecule has 0 bridgehead atoms. The molecule has 1 fully saturated rings. The summed E-state index contributed by atoms with van der Waals surface area (Å²) in [5, 5.41) is 3.07. The van der Waals surface area contributed by atoms with E-state index in [1.165, 1.54) is 6.42 Å². The largest absolute Gasteiger partial charge is 0.461 e. The van der Waals surface area contributed by atoms with Gasteiger partial charge in [0.25, 0.3) is 0 Å². The number of rotatable bonds is 4. The van der Waals surface area contributed by atoms with Crippen molar-refractivity contribution in [1.29, 1.82) is 0 Å². The van der Waals surface area contributed by atoms with E-state index in [2.05, 4.69) is 11.6 Å². The molecule has 4 nitrogen and oxygen atoms in total. The molecule has 2 heterocycles. The molecule has 1 aliphatic heterocycles. The Bertz CT molecular complexity index is 696. The van der Waals surface area contributed by atoms with Gasteiger partial charge in [-0.25, -0.2) is 4.79 Å². The first kappa shape index (κ1) is 17.0. The monoisotopic (exact) mass is 344 g/mol. The second-order valence-electron chi connectivity index (χ2n) is 6.30. The Morgan fingerprint density at radius 1 is 1.33 bits per heavy atom. The minimum atomic E-state index is -0.0171. The Kier molecular flexibility index (Phi) is 5.51. The van der Waals surface area contributed by atoms with E-state index in [1.54, 1.807) is 0 Å². The van der Waals surface area contributed by atoms with E-state index in [1.807, 2.05) is 60.0 Å². The lowest BCUT2D eigenvalue weighted by molar-refractivity contribution is 0.183. The summed E-state index contributed by atoms with van der Waals surface area (Å²) in [5.74, 6) is 3.36. The Morgan fingerprint density at radius 2 is 2.17 bits per heavy atom. The van der Waals surface area contributed by atoms with Gasteiger partial charge in [0, 0.05) is 18.7 Å². The molecule has 0 unspecified atom stereocenters. The number of likely N-dealkylation sites (tertiary alicyclic amines) is 1. The second-order valence-corrected chi connectivity index (χ2v) is 7.21. The van der Waals surface area contributed by atoms with Crippen molar-refractivity contribution in [2.75, 3.05) is 30.4 Å². The van der Waals surface area contributed by atoms with E-state index in [0.717, 1.165) is 48.0 Å². The second kappa shape index (κ2) is 7.79. The smallest absolute Gasteiger partial charge is 0.321 e. The number of thioether (sulfide) groups is 1. The number of para-hydroxylation sites is 1. The summed E-state index contributed by atoms with van der Waals surface area (Å²) in [6.45, 7) is 3.59. The van der Waals surface area contributed by atoms with Gasteiger partial charge >= 0.3 is 6.03 Å². The predicted molar refractivity (Wildman–Crippen MR) is 101 cm³/mol. The minimum absolute atomic E-state index is 0.0171. The lowest BCUT2D eigenvalue weighted by Gasteiger charge is -2.32. The highest BCUT2D eigenvalue weighted by Gasteiger charge is 2.24. The van der Waals surface area contributed by atoms with Crippen LogP contribution in [0.2, 0.25) is 0 Å². The highest BCUT2D eigenvalue weighted by molar-refractivity contribution is 7.98. The van der Waals surface area contributed by atoms with E-state index in [-0.39, 0.29) is 6.03 Å². The maximum Gasteiger partial charge on any atom is 0.321 e. The number of carbonyl (C=O) groups is 1. The number of anilines is 1. The lowest BCUT2D eigenvalue weighted by atomic mass is 10.0. The Labute approximate surface area is 147 Å². The molecule has 1 saturated heterocycles. The van der Waals surface area contributed by atoms with E-state index in [0.29, 0.717) is 5.92 Å². The van der Waals surface area contributed by atoms with Crippen molar-refractivity contribution in [3.05, 3.63) is 42.2 Å². The molecule has 5 heteroatoms. The van der Waals surface area contributed by atoms with Crippen LogP contribution in [0.5, 0.6) is 0 Å². The van der Waals surface area contributed by atoms with Crippen LogP contribution in [0, 0.1) is 12.8 Å². The zero-order chi connectivity index (χ0) is 16.9. The molecule has 0 spiro atoms. The molecule has 1 N–H and O–H groups in total. The number of furan rings is 1. The van der Waals surface area contributed by atoms with Crippen molar-refractivity contribution < 1.29 is 9.21 Å². The number of nitrogens with one attached hydrogen (secondary N) is 1. The molecule has 0 aliphatic carbocycles. The zero-order valence-corrected chi connectivity index (χ0v) is 15.1. The van der Waals surface area contributed by atoms with Crippen molar-refractivity contribution in [1.82, 2.24) is 4.90 Å². The quantitative estimate of drug-likeness (QED) is 0.861. The van der Waals surface area contributed by atoms with Crippen LogP contribution in [0.3, 0.4) is 0 Å². The summed E-state index contributed by atoms with van der Waals surface area (Å²) in [7, 11) is 0. The fraction of sp³-hybridized carbons (Fsp3) is 0.421. The van der Waals surface area contributed by atoms with Gasteiger partial charge in [0.1, 0.15) is 11.5 Å². The molecule has 1 atom stereocenters. The molecule has 24 heavy (non-hydrogen) atoms. The fourth-order valence-corrected chi connectivity index (χ4v) is 3.95. The SMILES string of the molecule is CSC[C@@H]1CCCN(C(=O)Nc2ccccc2-c2ccc(C)o2)C1. The van der Waals surface area contributed by atoms with Gasteiger partial charge in [-0.05, 0) is 62.0 Å². The van der Waals surface area contributed by atoms with E-state index in [4.69, 9.17) is 4.42 Å². The number of hydrogen-bond donors (Lipinski definition) is 1. The maximum atomic E-state index is 12.7. The first-order valence-electron chi connectivity index (χ1n) is 8.38. The summed E-state index contributed by atoms with van der Waals surface area (Å²) >= 11 is 1.86. The van der Waals surface area contributed by atoms with Gasteiger partial charge in [-0.1, -0.05) is 12.1 Å². The number of piperidine rings is 1. The third-order valence-corrected chi connectivity index (χ3v) is 5.19. The van der Waals surface area contributed by atoms with E-state index >= 15 is 0 Å². The summed E-state index contributed by atoms with van der Waals surface area (Å²) in [5.41, 5.74) is 1.71. The van der Waals surface area contributed by atoms with Crippen LogP contribution >= 0.6 is 11.8 Å². The fourth-order valence-electron chi connectivity index (χ4n) is 3.20. The molecular weight excluding hydrogens is 320 g/mol. The molecule has 2 amide bonds. The van der Waals surface area contributed by atoms with Gasteiger partial charge in [0.15, 0.2) is 0 Å². The Morgan fingerprint density at radius 3 is 2.92 bits per heavy atom. The zero-order valence-electron chi connectivity index (χ0n) is 14.2. The first-order valence-corrected chi connectivity index (χ1v) is 9.77. The van der Waals surface area contributed by atoms with Crippen LogP contribution in [0.25, 0.3) is 11.3 Å². The number of aryl methyl sites for hydroxylation is 1. The minimum Gasteiger partial charge on any atom is -0.461 e. The summed E-state index contributed by atoms with van der Waals surface area (Å²) < 4.78 is 5.72. The summed E-state index contributed by atoms with van der Waals surface area (Å²) in [4.78, 5) is 14.6. The topological polar surface area (TPSA) is 45.5 Å². The Balaban J connectivity index is 1.73. The molecule has 128 valence electrons. The van der Waals surface area contributed by atoms with Crippen molar-refractivity contribution in [2.24, 2.45) is 5.92 Å². The standard InChI is InChI=1S/C19H24N2O2S/c1-14-9-10-18(23-14)16-7-3-4-8-17(16)20-19(22)21-11-5-6-15(12-21)13-24-2/h3-4,7-10,15H,5-6,11-13H2,1-2H3,(H,20,22)/t15-/m1/s1. The average Bonchev–Trinajstić information content (AvgIpc) is 3.02. The van der Waals surface area contributed by atoms with Crippen LogP contribution in [0.15, 0.2) is 40.8 Å². The number of nitrogens with zero attached hydrogens (tertiary/aromatic N) is 1. The number of benzene rings is 1. The van der Waals surface area contributed by atoms with Gasteiger partial charge < -0.3 is 14.6 Å². The van der Waals surface area contributed by atoms with E-state index in [9.17, 15) is 4.79 Å². The first-order chi connectivity index (χ1) is 11.7. The van der Waals surface area contributed by atoms with Crippen LogP contribution < -0.4 is 5.32 Å².